The van der Waals surface area contributed by atoms with E-state index in [1.165, 1.54) is 10.9 Å². The molecule has 0 bridgehead atoms. The van der Waals surface area contributed by atoms with Crippen LogP contribution >= 0.6 is 11.6 Å². The summed E-state index contributed by atoms with van der Waals surface area (Å²) >= 11 is 5.82. The second kappa shape index (κ2) is 4.71. The lowest BCUT2D eigenvalue weighted by Gasteiger charge is -2.02. The first-order valence-corrected chi connectivity index (χ1v) is 6.85. The third-order valence-electron chi connectivity index (χ3n) is 2.20. The number of aromatic nitrogens is 3. The largest absolute Gasteiger partial charge is 0.360 e. The van der Waals surface area contributed by atoms with Gasteiger partial charge in [-0.15, -0.1) is 0 Å². The lowest BCUT2D eigenvalue weighted by molar-refractivity contribution is 0.377. The zero-order valence-corrected chi connectivity index (χ0v) is 11.3. The number of nitrogens with zero attached hydrogens (tertiary/aromatic N) is 3. The Morgan fingerprint density at radius 1 is 1.56 bits per heavy atom. The predicted octanol–water partition coefficient (Wildman–Crippen LogP) is 0.848. The Balaban J connectivity index is 2.15. The van der Waals surface area contributed by atoms with Gasteiger partial charge in [-0.1, -0.05) is 16.8 Å². The van der Waals surface area contributed by atoms with Crippen molar-refractivity contribution in [2.75, 3.05) is 0 Å². The first kappa shape index (κ1) is 13.1. The molecule has 18 heavy (non-hydrogen) atoms. The van der Waals surface area contributed by atoms with Crippen molar-refractivity contribution in [1.82, 2.24) is 19.4 Å². The van der Waals surface area contributed by atoms with Crippen LogP contribution in [0.25, 0.3) is 0 Å². The minimum Gasteiger partial charge on any atom is -0.360 e. The normalized spacial score (nSPS) is 11.9. The van der Waals surface area contributed by atoms with E-state index in [1.54, 1.807) is 20.0 Å². The van der Waals surface area contributed by atoms with E-state index in [1.807, 2.05) is 0 Å². The summed E-state index contributed by atoms with van der Waals surface area (Å²) in [6.45, 7) is 1.74. The van der Waals surface area contributed by atoms with Crippen molar-refractivity contribution >= 4 is 21.6 Å². The molecule has 0 radical (unpaired) electrons. The fraction of sp³-hybridized carbons (Fsp3) is 0.333. The molecule has 0 aliphatic carbocycles. The van der Waals surface area contributed by atoms with Crippen molar-refractivity contribution in [2.45, 2.75) is 18.5 Å². The third kappa shape index (κ3) is 2.55. The van der Waals surface area contributed by atoms with Crippen LogP contribution in [0.4, 0.5) is 0 Å². The molecule has 0 spiro atoms. The minimum absolute atomic E-state index is 0.00389. The van der Waals surface area contributed by atoms with E-state index in [2.05, 4.69) is 14.9 Å². The maximum atomic E-state index is 11.9. The van der Waals surface area contributed by atoms with Gasteiger partial charge in [0, 0.05) is 13.1 Å². The van der Waals surface area contributed by atoms with E-state index < -0.39 is 10.0 Å². The van der Waals surface area contributed by atoms with Crippen LogP contribution in [0.15, 0.2) is 21.9 Å². The van der Waals surface area contributed by atoms with Gasteiger partial charge in [-0.25, -0.2) is 18.1 Å². The Labute approximate surface area is 109 Å². The van der Waals surface area contributed by atoms with Gasteiger partial charge in [0.15, 0.2) is 5.76 Å². The van der Waals surface area contributed by atoms with Gasteiger partial charge in [-0.3, -0.25) is 0 Å². The fourth-order valence-electron chi connectivity index (χ4n) is 1.31. The van der Waals surface area contributed by atoms with Crippen LogP contribution in [0, 0.1) is 6.92 Å². The molecule has 1 N–H and O–H groups in total. The van der Waals surface area contributed by atoms with Gasteiger partial charge in [0.2, 0.25) is 5.03 Å². The molecule has 0 atom stereocenters. The van der Waals surface area contributed by atoms with Crippen LogP contribution in [0.5, 0.6) is 0 Å². The van der Waals surface area contributed by atoms with Crippen LogP contribution < -0.4 is 4.72 Å². The molecule has 9 heteroatoms. The molecule has 2 rings (SSSR count). The lowest BCUT2D eigenvalue weighted by Crippen LogP contribution is -2.23. The van der Waals surface area contributed by atoms with Crippen LogP contribution in [0.2, 0.25) is 5.15 Å². The predicted molar refractivity (Wildman–Crippen MR) is 63.5 cm³/mol. The maximum absolute atomic E-state index is 11.9. The summed E-state index contributed by atoms with van der Waals surface area (Å²) in [7, 11) is -2.16. The van der Waals surface area contributed by atoms with Crippen LogP contribution in [-0.2, 0) is 23.6 Å². The Morgan fingerprint density at radius 2 is 2.28 bits per heavy atom. The summed E-state index contributed by atoms with van der Waals surface area (Å²) in [4.78, 5) is 3.74. The average molecular weight is 291 g/mol. The first-order valence-electron chi connectivity index (χ1n) is 4.99. The molecule has 2 aromatic heterocycles. The standard InChI is InChI=1S/C9H11ClN4O3S/c1-6-3-7(17-13-6)4-12-18(15,16)9-8(10)14(2)5-11-9/h3,5,12H,4H2,1-2H3. The molecule has 0 fully saturated rings. The third-order valence-corrected chi connectivity index (χ3v) is 4.09. The number of halogens is 1. The van der Waals surface area contributed by atoms with Crippen LogP contribution in [0.3, 0.4) is 0 Å². The Hall–Kier alpha value is -1.38. The number of aryl methyl sites for hydroxylation is 2. The lowest BCUT2D eigenvalue weighted by atomic mass is 10.4. The second-order valence-corrected chi connectivity index (χ2v) is 5.75. The number of sulfonamides is 1. The van der Waals surface area contributed by atoms with Crippen molar-refractivity contribution < 1.29 is 12.9 Å². The quantitative estimate of drug-likeness (QED) is 0.901. The van der Waals surface area contributed by atoms with E-state index in [0.29, 0.717) is 11.5 Å². The van der Waals surface area contributed by atoms with E-state index >= 15 is 0 Å². The molecular formula is C9H11ClN4O3S. The Morgan fingerprint density at radius 3 is 2.78 bits per heavy atom. The van der Waals surface area contributed by atoms with Gasteiger partial charge < -0.3 is 9.09 Å². The molecule has 0 saturated heterocycles. The summed E-state index contributed by atoms with van der Waals surface area (Å²) in [5, 5.41) is 3.50. The molecule has 0 aromatic carbocycles. The SMILES string of the molecule is Cc1cc(CNS(=O)(=O)c2ncn(C)c2Cl)on1. The number of hydrogen-bond donors (Lipinski definition) is 1. The summed E-state index contributed by atoms with van der Waals surface area (Å²) in [5.41, 5.74) is 0.681. The summed E-state index contributed by atoms with van der Waals surface area (Å²) in [6.07, 6.45) is 1.33. The van der Waals surface area contributed by atoms with Crippen molar-refractivity contribution in [1.29, 1.82) is 0 Å². The molecule has 98 valence electrons. The van der Waals surface area contributed by atoms with Gasteiger partial charge in [0.1, 0.15) is 5.15 Å². The number of imidazole rings is 1. The van der Waals surface area contributed by atoms with Gasteiger partial charge >= 0.3 is 0 Å². The van der Waals surface area contributed by atoms with E-state index in [-0.39, 0.29) is 16.7 Å². The molecule has 0 aliphatic rings. The highest BCUT2D eigenvalue weighted by Gasteiger charge is 2.22. The van der Waals surface area contributed by atoms with E-state index in [9.17, 15) is 8.42 Å². The molecule has 2 aromatic rings. The Kier molecular flexibility index (Phi) is 3.42. The Bertz CT molecular complexity index is 661. The van der Waals surface area contributed by atoms with Crippen LogP contribution in [0.1, 0.15) is 11.5 Å². The minimum atomic E-state index is -3.76. The topological polar surface area (TPSA) is 90.0 Å². The molecule has 0 unspecified atom stereocenters. The molecule has 2 heterocycles. The highest BCUT2D eigenvalue weighted by molar-refractivity contribution is 7.89. The van der Waals surface area contributed by atoms with Crippen molar-refractivity contribution in [3.63, 3.8) is 0 Å². The number of nitrogens with one attached hydrogen (secondary N) is 1. The van der Waals surface area contributed by atoms with Gasteiger partial charge in [-0.05, 0) is 6.92 Å². The molecule has 7 nitrogen and oxygen atoms in total. The van der Waals surface area contributed by atoms with Gasteiger partial charge in [0.05, 0.1) is 18.6 Å². The van der Waals surface area contributed by atoms with Crippen molar-refractivity contribution in [3.8, 4) is 0 Å². The second-order valence-electron chi connectivity index (χ2n) is 3.71. The summed E-state index contributed by atoms with van der Waals surface area (Å²) in [6, 6.07) is 1.64. The zero-order valence-electron chi connectivity index (χ0n) is 9.71. The van der Waals surface area contributed by atoms with Crippen molar-refractivity contribution in [2.24, 2.45) is 7.05 Å². The average Bonchev–Trinajstić information content (AvgIpc) is 2.85. The molecule has 0 saturated carbocycles. The smallest absolute Gasteiger partial charge is 0.261 e. The number of hydrogen-bond acceptors (Lipinski definition) is 5. The van der Waals surface area contributed by atoms with Gasteiger partial charge in [0.25, 0.3) is 10.0 Å². The fourth-order valence-corrected chi connectivity index (χ4v) is 2.73. The van der Waals surface area contributed by atoms with Crippen LogP contribution in [-0.4, -0.2) is 23.1 Å². The van der Waals surface area contributed by atoms with Gasteiger partial charge in [-0.2, -0.15) is 0 Å². The first-order chi connectivity index (χ1) is 8.40. The summed E-state index contributed by atoms with van der Waals surface area (Å²) in [5.74, 6) is 0.420. The molecular weight excluding hydrogens is 280 g/mol. The van der Waals surface area contributed by atoms with E-state index in [4.69, 9.17) is 16.1 Å². The monoisotopic (exact) mass is 290 g/mol. The summed E-state index contributed by atoms with van der Waals surface area (Å²) < 4.78 is 32.5. The highest BCUT2D eigenvalue weighted by Crippen LogP contribution is 2.18. The van der Waals surface area contributed by atoms with E-state index in [0.717, 1.165) is 0 Å². The molecule has 0 amide bonds. The number of rotatable bonds is 4. The highest BCUT2D eigenvalue weighted by atomic mass is 35.5. The maximum Gasteiger partial charge on any atom is 0.261 e. The zero-order chi connectivity index (χ0) is 13.3. The molecule has 0 aliphatic heterocycles. The van der Waals surface area contributed by atoms with Crippen molar-refractivity contribution in [3.05, 3.63) is 29.0 Å².